The number of likely N-dealkylation sites (tertiary alicyclic amines) is 1. The van der Waals surface area contributed by atoms with Gasteiger partial charge >= 0.3 is 0 Å². The standard InChI is InChI=1S/C15H21NO/c1-12-5-3-6-13(9-12)15(11-17)14-7-4-8-16(2)10-14/h3,5-6,9,11,14-15H,4,7-8,10H2,1-2H3. The highest BCUT2D eigenvalue weighted by Gasteiger charge is 2.26. The van der Waals surface area contributed by atoms with Gasteiger partial charge in [-0.1, -0.05) is 29.8 Å². The summed E-state index contributed by atoms with van der Waals surface area (Å²) >= 11 is 0. The molecule has 1 saturated heterocycles. The van der Waals surface area contributed by atoms with Gasteiger partial charge in [0.2, 0.25) is 0 Å². The molecule has 0 saturated carbocycles. The molecule has 92 valence electrons. The van der Waals surface area contributed by atoms with Gasteiger partial charge in [-0.15, -0.1) is 0 Å². The lowest BCUT2D eigenvalue weighted by atomic mass is 9.82. The first-order chi connectivity index (χ1) is 8.20. The molecule has 2 atom stereocenters. The zero-order valence-corrected chi connectivity index (χ0v) is 10.7. The van der Waals surface area contributed by atoms with E-state index in [1.165, 1.54) is 24.0 Å². The number of piperidine rings is 1. The number of carbonyl (C=O) groups is 1. The van der Waals surface area contributed by atoms with E-state index in [9.17, 15) is 4.79 Å². The summed E-state index contributed by atoms with van der Waals surface area (Å²) in [6, 6.07) is 8.36. The quantitative estimate of drug-likeness (QED) is 0.745. The Labute approximate surface area is 104 Å². The zero-order chi connectivity index (χ0) is 12.3. The van der Waals surface area contributed by atoms with Crippen molar-refractivity contribution in [1.29, 1.82) is 0 Å². The lowest BCUT2D eigenvalue weighted by molar-refractivity contribution is -0.110. The number of benzene rings is 1. The van der Waals surface area contributed by atoms with E-state index < -0.39 is 0 Å². The summed E-state index contributed by atoms with van der Waals surface area (Å²) in [6.45, 7) is 4.28. The molecule has 0 aromatic heterocycles. The maximum absolute atomic E-state index is 11.4. The van der Waals surface area contributed by atoms with Crippen LogP contribution in [0, 0.1) is 12.8 Å². The van der Waals surface area contributed by atoms with E-state index in [0.717, 1.165) is 19.4 Å². The van der Waals surface area contributed by atoms with Crippen LogP contribution in [0.2, 0.25) is 0 Å². The number of nitrogens with zero attached hydrogens (tertiary/aromatic N) is 1. The van der Waals surface area contributed by atoms with Crippen molar-refractivity contribution in [3.05, 3.63) is 35.4 Å². The Hall–Kier alpha value is -1.15. The number of aryl methyl sites for hydroxylation is 1. The van der Waals surface area contributed by atoms with E-state index in [1.54, 1.807) is 0 Å². The van der Waals surface area contributed by atoms with E-state index in [4.69, 9.17) is 0 Å². The van der Waals surface area contributed by atoms with E-state index in [-0.39, 0.29) is 5.92 Å². The SMILES string of the molecule is Cc1cccc(C(C=O)C2CCCN(C)C2)c1. The first-order valence-electron chi connectivity index (χ1n) is 6.41. The molecule has 1 aromatic rings. The van der Waals surface area contributed by atoms with Gasteiger partial charge in [-0.05, 0) is 44.8 Å². The minimum absolute atomic E-state index is 0.0673. The molecule has 2 unspecified atom stereocenters. The molecule has 0 aliphatic carbocycles. The van der Waals surface area contributed by atoms with Crippen LogP contribution < -0.4 is 0 Å². The fourth-order valence-electron chi connectivity index (χ4n) is 2.84. The summed E-state index contributed by atoms with van der Waals surface area (Å²) in [7, 11) is 2.14. The van der Waals surface area contributed by atoms with Crippen molar-refractivity contribution in [3.63, 3.8) is 0 Å². The minimum Gasteiger partial charge on any atom is -0.306 e. The molecule has 1 aliphatic rings. The van der Waals surface area contributed by atoms with Crippen molar-refractivity contribution in [2.75, 3.05) is 20.1 Å². The summed E-state index contributed by atoms with van der Waals surface area (Å²) in [5.74, 6) is 0.547. The van der Waals surface area contributed by atoms with Crippen LogP contribution in [0.15, 0.2) is 24.3 Å². The molecule has 0 spiro atoms. The van der Waals surface area contributed by atoms with Crippen molar-refractivity contribution < 1.29 is 4.79 Å². The van der Waals surface area contributed by atoms with Gasteiger partial charge in [-0.2, -0.15) is 0 Å². The Balaban J connectivity index is 2.18. The average Bonchev–Trinajstić information content (AvgIpc) is 2.30. The van der Waals surface area contributed by atoms with Gasteiger partial charge in [0.25, 0.3) is 0 Å². The van der Waals surface area contributed by atoms with Gasteiger partial charge in [0.05, 0.1) is 0 Å². The lowest BCUT2D eigenvalue weighted by Crippen LogP contribution is -2.35. The molecule has 2 rings (SSSR count). The van der Waals surface area contributed by atoms with Crippen LogP contribution in [-0.2, 0) is 4.79 Å². The highest BCUT2D eigenvalue weighted by molar-refractivity contribution is 5.63. The summed E-state index contributed by atoms with van der Waals surface area (Å²) in [4.78, 5) is 13.7. The van der Waals surface area contributed by atoms with Crippen LogP contribution in [0.5, 0.6) is 0 Å². The van der Waals surface area contributed by atoms with Crippen molar-refractivity contribution in [3.8, 4) is 0 Å². The number of hydrogen-bond donors (Lipinski definition) is 0. The van der Waals surface area contributed by atoms with Crippen molar-refractivity contribution in [2.45, 2.75) is 25.7 Å². The van der Waals surface area contributed by atoms with Crippen molar-refractivity contribution in [1.82, 2.24) is 4.90 Å². The second kappa shape index (κ2) is 5.46. The molecule has 0 bridgehead atoms. The van der Waals surface area contributed by atoms with E-state index in [0.29, 0.717) is 5.92 Å². The Kier molecular flexibility index (Phi) is 3.95. The van der Waals surface area contributed by atoms with E-state index in [1.807, 2.05) is 6.07 Å². The second-order valence-electron chi connectivity index (χ2n) is 5.24. The highest BCUT2D eigenvalue weighted by atomic mass is 16.1. The zero-order valence-electron chi connectivity index (χ0n) is 10.7. The molecule has 2 nitrogen and oxygen atoms in total. The molecular weight excluding hydrogens is 210 g/mol. The van der Waals surface area contributed by atoms with Gasteiger partial charge in [0, 0.05) is 12.5 Å². The summed E-state index contributed by atoms with van der Waals surface area (Å²) in [5, 5.41) is 0. The Morgan fingerprint density at radius 1 is 1.47 bits per heavy atom. The predicted molar refractivity (Wildman–Crippen MR) is 70.2 cm³/mol. The third-order valence-electron chi connectivity index (χ3n) is 3.74. The molecule has 0 N–H and O–H groups in total. The first kappa shape index (κ1) is 12.3. The Morgan fingerprint density at radius 3 is 2.94 bits per heavy atom. The van der Waals surface area contributed by atoms with E-state index >= 15 is 0 Å². The fraction of sp³-hybridized carbons (Fsp3) is 0.533. The number of rotatable bonds is 3. The maximum Gasteiger partial charge on any atom is 0.127 e. The molecular formula is C15H21NO. The van der Waals surface area contributed by atoms with Crippen LogP contribution in [0.25, 0.3) is 0 Å². The van der Waals surface area contributed by atoms with Crippen LogP contribution in [0.4, 0.5) is 0 Å². The molecule has 17 heavy (non-hydrogen) atoms. The predicted octanol–water partition coefficient (Wildman–Crippen LogP) is 2.62. The molecule has 1 aromatic carbocycles. The molecule has 0 amide bonds. The number of aldehydes is 1. The molecule has 1 fully saturated rings. The smallest absolute Gasteiger partial charge is 0.127 e. The van der Waals surface area contributed by atoms with Gasteiger partial charge in [-0.3, -0.25) is 0 Å². The van der Waals surface area contributed by atoms with Crippen molar-refractivity contribution in [2.24, 2.45) is 5.92 Å². The fourth-order valence-corrected chi connectivity index (χ4v) is 2.84. The van der Waals surface area contributed by atoms with Crippen LogP contribution in [0.1, 0.15) is 29.9 Å². The highest BCUT2D eigenvalue weighted by Crippen LogP contribution is 2.30. The third-order valence-corrected chi connectivity index (χ3v) is 3.74. The Morgan fingerprint density at radius 2 is 2.29 bits per heavy atom. The van der Waals surface area contributed by atoms with Crippen LogP contribution in [0.3, 0.4) is 0 Å². The van der Waals surface area contributed by atoms with Gasteiger partial charge in [-0.25, -0.2) is 0 Å². The number of hydrogen-bond acceptors (Lipinski definition) is 2. The van der Waals surface area contributed by atoms with Crippen LogP contribution in [-0.4, -0.2) is 31.3 Å². The summed E-state index contributed by atoms with van der Waals surface area (Å²) < 4.78 is 0. The molecule has 2 heteroatoms. The molecule has 1 heterocycles. The van der Waals surface area contributed by atoms with Crippen LogP contribution >= 0.6 is 0 Å². The minimum atomic E-state index is 0.0673. The molecule has 1 aliphatic heterocycles. The average molecular weight is 231 g/mol. The summed E-state index contributed by atoms with van der Waals surface area (Å²) in [6.07, 6.45) is 3.51. The first-order valence-corrected chi connectivity index (χ1v) is 6.41. The second-order valence-corrected chi connectivity index (χ2v) is 5.24. The topological polar surface area (TPSA) is 20.3 Å². The monoisotopic (exact) mass is 231 g/mol. The Bertz CT molecular complexity index is 388. The number of carbonyl (C=O) groups excluding carboxylic acids is 1. The van der Waals surface area contributed by atoms with Crippen molar-refractivity contribution >= 4 is 6.29 Å². The molecule has 0 radical (unpaired) electrons. The van der Waals surface area contributed by atoms with E-state index in [2.05, 4.69) is 37.1 Å². The maximum atomic E-state index is 11.4. The lowest BCUT2D eigenvalue weighted by Gasteiger charge is -2.33. The normalized spacial score (nSPS) is 23.3. The van der Waals surface area contributed by atoms with Gasteiger partial charge in [0.1, 0.15) is 6.29 Å². The van der Waals surface area contributed by atoms with Gasteiger partial charge in [0.15, 0.2) is 0 Å². The summed E-state index contributed by atoms with van der Waals surface area (Å²) in [5.41, 5.74) is 2.42. The van der Waals surface area contributed by atoms with Gasteiger partial charge < -0.3 is 9.69 Å². The largest absolute Gasteiger partial charge is 0.306 e. The third kappa shape index (κ3) is 2.95.